The summed E-state index contributed by atoms with van der Waals surface area (Å²) in [7, 11) is 0. The number of benzene rings is 1. The molecule has 0 aliphatic carbocycles. The van der Waals surface area contributed by atoms with E-state index in [0.29, 0.717) is 50.3 Å². The molecule has 9 N–H and O–H groups in total. The highest BCUT2D eigenvalue weighted by Crippen LogP contribution is 2.23. The summed E-state index contributed by atoms with van der Waals surface area (Å²) in [5.41, 5.74) is 26.0. The minimum Gasteiger partial charge on any atom is -0.382 e. The van der Waals surface area contributed by atoms with Gasteiger partial charge >= 0.3 is 0 Å². The molecule has 0 amide bonds. The van der Waals surface area contributed by atoms with Gasteiger partial charge in [-0.2, -0.15) is 19.9 Å². The standard InChI is InChI=1S/C13H11Cl2N7.C7H7ClN6/c14-6-1-7(15)3-8(2-6)18-4-9-5-19-12-10(20-9)11(16)21-13(17)22-12;8-1-3-2-11-6-4(12-3)5(9)13-7(10)14-6/h1-3,5,18H,4H2,(H4,16,17,19,21,22);2H,1H2,(H4,9,10,11,13,14). The summed E-state index contributed by atoms with van der Waals surface area (Å²) in [6.45, 7) is 0.420. The molecule has 0 unspecified atom stereocenters. The number of halogens is 3. The summed E-state index contributed by atoms with van der Waals surface area (Å²) in [4.78, 5) is 32.2. The van der Waals surface area contributed by atoms with E-state index in [1.54, 1.807) is 24.4 Å². The van der Waals surface area contributed by atoms with Crippen LogP contribution in [-0.2, 0) is 12.4 Å². The molecule has 5 rings (SSSR count). The topological polar surface area (TPSA) is 219 Å². The van der Waals surface area contributed by atoms with Gasteiger partial charge < -0.3 is 28.3 Å². The van der Waals surface area contributed by atoms with Crippen LogP contribution in [0.15, 0.2) is 30.6 Å². The van der Waals surface area contributed by atoms with Crippen molar-refractivity contribution in [2.45, 2.75) is 12.4 Å². The maximum atomic E-state index is 5.95. The van der Waals surface area contributed by atoms with E-state index < -0.39 is 0 Å². The molecule has 36 heavy (non-hydrogen) atoms. The second-order valence-corrected chi connectivity index (χ2v) is 8.29. The number of hydrogen-bond acceptors (Lipinski definition) is 13. The summed E-state index contributed by atoms with van der Waals surface area (Å²) in [6, 6.07) is 5.19. The van der Waals surface area contributed by atoms with Crippen molar-refractivity contribution in [1.29, 1.82) is 0 Å². The molecule has 0 aliphatic heterocycles. The number of alkyl halides is 1. The van der Waals surface area contributed by atoms with Gasteiger partial charge in [-0.05, 0) is 18.2 Å². The Balaban J connectivity index is 0.000000187. The van der Waals surface area contributed by atoms with E-state index in [-0.39, 0.29) is 29.4 Å². The fourth-order valence-electron chi connectivity index (χ4n) is 2.96. The number of fused-ring (bicyclic) bond motifs is 2. The molecule has 0 spiro atoms. The van der Waals surface area contributed by atoms with Crippen LogP contribution in [0.2, 0.25) is 10.0 Å². The number of rotatable bonds is 4. The first kappa shape index (κ1) is 25.0. The Labute approximate surface area is 218 Å². The normalized spacial score (nSPS) is 10.8. The van der Waals surface area contributed by atoms with Gasteiger partial charge in [0.25, 0.3) is 0 Å². The van der Waals surface area contributed by atoms with Gasteiger partial charge in [0.05, 0.1) is 36.2 Å². The van der Waals surface area contributed by atoms with E-state index >= 15 is 0 Å². The van der Waals surface area contributed by atoms with Crippen molar-refractivity contribution in [2.24, 2.45) is 0 Å². The highest BCUT2D eigenvalue weighted by molar-refractivity contribution is 6.35. The van der Waals surface area contributed by atoms with Crippen LogP contribution in [0.25, 0.3) is 22.3 Å². The minimum absolute atomic E-state index is 0.0683. The average molecular weight is 547 g/mol. The third-order valence-electron chi connectivity index (χ3n) is 4.48. The Bertz CT molecular complexity index is 1540. The lowest BCUT2D eigenvalue weighted by atomic mass is 10.3. The van der Waals surface area contributed by atoms with Crippen molar-refractivity contribution >= 4 is 86.4 Å². The molecule has 0 aliphatic rings. The van der Waals surface area contributed by atoms with Crippen molar-refractivity contribution in [2.75, 3.05) is 28.3 Å². The first-order chi connectivity index (χ1) is 17.2. The van der Waals surface area contributed by atoms with Crippen LogP contribution in [-0.4, -0.2) is 39.9 Å². The van der Waals surface area contributed by atoms with Crippen LogP contribution in [0.5, 0.6) is 0 Å². The predicted molar refractivity (Wildman–Crippen MR) is 141 cm³/mol. The molecule has 0 radical (unpaired) electrons. The number of hydrogen-bond donors (Lipinski definition) is 5. The monoisotopic (exact) mass is 545 g/mol. The van der Waals surface area contributed by atoms with Gasteiger partial charge in [0, 0.05) is 15.7 Å². The van der Waals surface area contributed by atoms with Gasteiger partial charge in [-0.15, -0.1) is 11.6 Å². The molecule has 1 aromatic carbocycles. The molecular formula is C20H18Cl3N13. The molecule has 0 saturated carbocycles. The fraction of sp³-hybridized carbons (Fsp3) is 0.100. The Kier molecular flexibility index (Phi) is 7.43. The quantitative estimate of drug-likeness (QED) is 0.205. The summed E-state index contributed by atoms with van der Waals surface area (Å²) < 4.78 is 0. The van der Waals surface area contributed by atoms with Crippen LogP contribution in [0.4, 0.5) is 29.2 Å². The lowest BCUT2D eigenvalue weighted by Gasteiger charge is -2.08. The second kappa shape index (κ2) is 10.7. The summed E-state index contributed by atoms with van der Waals surface area (Å²) in [5, 5.41) is 4.26. The zero-order valence-electron chi connectivity index (χ0n) is 18.3. The van der Waals surface area contributed by atoms with E-state index in [1.807, 2.05) is 0 Å². The minimum atomic E-state index is 0.0683. The lowest BCUT2D eigenvalue weighted by molar-refractivity contribution is 1.03. The number of anilines is 5. The van der Waals surface area contributed by atoms with Crippen molar-refractivity contribution in [3.8, 4) is 0 Å². The summed E-state index contributed by atoms with van der Waals surface area (Å²) in [6.07, 6.45) is 3.12. The molecule has 13 nitrogen and oxygen atoms in total. The van der Waals surface area contributed by atoms with E-state index in [4.69, 9.17) is 57.7 Å². The van der Waals surface area contributed by atoms with Gasteiger partial charge in [-0.1, -0.05) is 23.2 Å². The zero-order valence-corrected chi connectivity index (χ0v) is 20.6. The van der Waals surface area contributed by atoms with E-state index in [1.165, 1.54) is 6.20 Å². The fourth-order valence-corrected chi connectivity index (χ4v) is 3.62. The number of nitrogen functional groups attached to an aromatic ring is 4. The molecule has 0 fully saturated rings. The highest BCUT2D eigenvalue weighted by atomic mass is 35.5. The van der Waals surface area contributed by atoms with Crippen LogP contribution in [0, 0.1) is 0 Å². The van der Waals surface area contributed by atoms with Crippen molar-refractivity contribution in [3.05, 3.63) is 52.0 Å². The van der Waals surface area contributed by atoms with Gasteiger partial charge in [0.2, 0.25) is 11.9 Å². The van der Waals surface area contributed by atoms with E-state index in [9.17, 15) is 0 Å². The Morgan fingerprint density at radius 3 is 1.69 bits per heavy atom. The SMILES string of the molecule is Nc1nc(N)c2nc(CCl)cnc2n1.Nc1nc(N)c2nc(CNc3cc(Cl)cc(Cl)c3)cnc2n1. The first-order valence-electron chi connectivity index (χ1n) is 10.1. The predicted octanol–water partition coefficient (Wildman–Crippen LogP) is 2.83. The van der Waals surface area contributed by atoms with Crippen LogP contribution in [0.3, 0.4) is 0 Å². The van der Waals surface area contributed by atoms with Gasteiger partial charge in [-0.25, -0.2) is 19.9 Å². The van der Waals surface area contributed by atoms with E-state index in [2.05, 4.69) is 45.2 Å². The molecule has 16 heteroatoms. The molecular weight excluding hydrogens is 529 g/mol. The molecule has 0 atom stereocenters. The maximum absolute atomic E-state index is 5.95. The molecule has 0 saturated heterocycles. The van der Waals surface area contributed by atoms with Crippen molar-refractivity contribution < 1.29 is 0 Å². The summed E-state index contributed by atoms with van der Waals surface area (Å²) >= 11 is 17.5. The van der Waals surface area contributed by atoms with Gasteiger partial charge in [0.15, 0.2) is 34.0 Å². The molecule has 184 valence electrons. The smallest absolute Gasteiger partial charge is 0.224 e. The molecule has 4 aromatic heterocycles. The first-order valence-corrected chi connectivity index (χ1v) is 11.4. The van der Waals surface area contributed by atoms with Gasteiger partial charge in [-0.3, -0.25) is 0 Å². The highest BCUT2D eigenvalue weighted by Gasteiger charge is 2.08. The summed E-state index contributed by atoms with van der Waals surface area (Å²) in [5.74, 6) is 0.837. The third-order valence-corrected chi connectivity index (χ3v) is 5.19. The molecule has 4 heterocycles. The molecule has 5 aromatic rings. The zero-order chi connectivity index (χ0) is 25.8. The number of nitrogens with two attached hydrogens (primary N) is 4. The Morgan fingerprint density at radius 1 is 0.667 bits per heavy atom. The number of aromatic nitrogens is 8. The Morgan fingerprint density at radius 2 is 1.17 bits per heavy atom. The average Bonchev–Trinajstić information content (AvgIpc) is 2.82. The number of nitrogens with one attached hydrogen (secondary N) is 1. The lowest BCUT2D eigenvalue weighted by Crippen LogP contribution is -2.07. The number of nitrogens with zero attached hydrogens (tertiary/aromatic N) is 8. The van der Waals surface area contributed by atoms with Crippen molar-refractivity contribution in [1.82, 2.24) is 39.9 Å². The maximum Gasteiger partial charge on any atom is 0.224 e. The van der Waals surface area contributed by atoms with Crippen LogP contribution >= 0.6 is 34.8 Å². The van der Waals surface area contributed by atoms with Gasteiger partial charge in [0.1, 0.15) is 0 Å². The molecule has 0 bridgehead atoms. The largest absolute Gasteiger partial charge is 0.382 e. The second-order valence-electron chi connectivity index (χ2n) is 7.15. The Hall–Kier alpha value is -4.07. The van der Waals surface area contributed by atoms with E-state index in [0.717, 1.165) is 5.69 Å². The van der Waals surface area contributed by atoms with Crippen LogP contribution in [0.1, 0.15) is 11.4 Å². The van der Waals surface area contributed by atoms with Crippen LogP contribution < -0.4 is 28.3 Å². The third kappa shape index (κ3) is 5.94. The van der Waals surface area contributed by atoms with Crippen molar-refractivity contribution in [3.63, 3.8) is 0 Å².